The van der Waals surface area contributed by atoms with Gasteiger partial charge in [0.1, 0.15) is 11.6 Å². The van der Waals surface area contributed by atoms with Crippen molar-refractivity contribution >= 4 is 11.7 Å². The van der Waals surface area contributed by atoms with E-state index in [-0.39, 0.29) is 28.9 Å². The van der Waals surface area contributed by atoms with Crippen molar-refractivity contribution in [3.05, 3.63) is 23.6 Å². The molecule has 1 aromatic rings. The van der Waals surface area contributed by atoms with Crippen LogP contribution in [0.2, 0.25) is 0 Å². The molecule has 0 saturated heterocycles. The number of aromatic nitrogens is 1. The number of nitrogens with two attached hydrogens (primary N) is 1. The predicted octanol–water partition coefficient (Wildman–Crippen LogP) is 1.74. The van der Waals surface area contributed by atoms with Crippen LogP contribution in [0.4, 0.5) is 10.2 Å². The normalized spacial score (nSPS) is 24.0. The minimum absolute atomic E-state index is 0.0192. The zero-order valence-electron chi connectivity index (χ0n) is 11.9. The van der Waals surface area contributed by atoms with Crippen molar-refractivity contribution in [2.45, 2.75) is 39.3 Å². The molecule has 1 heterocycles. The Morgan fingerprint density at radius 3 is 2.95 bits per heavy atom. The largest absolute Gasteiger partial charge is 0.383 e. The second-order valence-electron chi connectivity index (χ2n) is 5.61. The standard InChI is InChI=1S/C14H20FN3O2/c1-4-20-11-6-10(14(11,2)3)18-13(19)9-5-8(15)7-17-12(9)16/h5,7,10-11H,4,6H2,1-3H3,(H2,16,17)(H,18,19). The third kappa shape index (κ3) is 2.60. The molecule has 0 aliphatic heterocycles. The van der Waals surface area contributed by atoms with E-state index in [1.807, 2.05) is 20.8 Å². The molecule has 1 amide bonds. The third-order valence-corrected chi connectivity index (χ3v) is 3.98. The van der Waals surface area contributed by atoms with Crippen LogP contribution in [0.5, 0.6) is 0 Å². The Hall–Kier alpha value is -1.69. The minimum atomic E-state index is -0.579. The summed E-state index contributed by atoms with van der Waals surface area (Å²) in [7, 11) is 0. The lowest BCUT2D eigenvalue weighted by Crippen LogP contribution is -2.62. The van der Waals surface area contributed by atoms with Crippen LogP contribution in [0.1, 0.15) is 37.6 Å². The number of pyridine rings is 1. The molecule has 2 unspecified atom stereocenters. The van der Waals surface area contributed by atoms with Gasteiger partial charge in [0.05, 0.1) is 17.9 Å². The molecule has 0 radical (unpaired) electrons. The Labute approximate surface area is 117 Å². The number of hydrogen-bond donors (Lipinski definition) is 2. The molecule has 110 valence electrons. The molecule has 1 aliphatic carbocycles. The van der Waals surface area contributed by atoms with Crippen molar-refractivity contribution in [2.24, 2.45) is 5.41 Å². The zero-order chi connectivity index (χ0) is 14.9. The summed E-state index contributed by atoms with van der Waals surface area (Å²) in [6.07, 6.45) is 1.86. The first-order valence-electron chi connectivity index (χ1n) is 6.69. The van der Waals surface area contributed by atoms with Crippen LogP contribution in [0.25, 0.3) is 0 Å². The third-order valence-electron chi connectivity index (χ3n) is 3.98. The molecule has 3 N–H and O–H groups in total. The van der Waals surface area contributed by atoms with Gasteiger partial charge in [-0.15, -0.1) is 0 Å². The van der Waals surface area contributed by atoms with Gasteiger partial charge in [0.2, 0.25) is 0 Å². The van der Waals surface area contributed by atoms with Gasteiger partial charge in [0.15, 0.2) is 0 Å². The maximum absolute atomic E-state index is 13.1. The van der Waals surface area contributed by atoms with E-state index in [9.17, 15) is 9.18 Å². The van der Waals surface area contributed by atoms with Crippen LogP contribution >= 0.6 is 0 Å². The summed E-state index contributed by atoms with van der Waals surface area (Å²) in [5.41, 5.74) is 5.52. The molecule has 1 aliphatic rings. The molecule has 1 saturated carbocycles. The van der Waals surface area contributed by atoms with E-state index in [2.05, 4.69) is 10.3 Å². The molecular weight excluding hydrogens is 261 g/mol. The summed E-state index contributed by atoms with van der Waals surface area (Å²) >= 11 is 0. The summed E-state index contributed by atoms with van der Waals surface area (Å²) in [5, 5.41) is 2.87. The highest BCUT2D eigenvalue weighted by atomic mass is 19.1. The number of ether oxygens (including phenoxy) is 1. The number of nitrogens with zero attached hydrogens (tertiary/aromatic N) is 1. The maximum atomic E-state index is 13.1. The monoisotopic (exact) mass is 281 g/mol. The Morgan fingerprint density at radius 1 is 1.65 bits per heavy atom. The zero-order valence-corrected chi connectivity index (χ0v) is 11.9. The number of nitrogen functional groups attached to an aromatic ring is 1. The lowest BCUT2D eigenvalue weighted by atomic mass is 9.64. The van der Waals surface area contributed by atoms with E-state index in [0.717, 1.165) is 18.7 Å². The van der Waals surface area contributed by atoms with E-state index >= 15 is 0 Å². The number of nitrogens with one attached hydrogen (secondary N) is 1. The molecular formula is C14H20FN3O2. The number of anilines is 1. The molecule has 1 aromatic heterocycles. The summed E-state index contributed by atoms with van der Waals surface area (Å²) < 4.78 is 18.7. The van der Waals surface area contributed by atoms with Crippen molar-refractivity contribution in [3.8, 4) is 0 Å². The molecule has 5 nitrogen and oxygen atoms in total. The lowest BCUT2D eigenvalue weighted by Gasteiger charge is -2.51. The van der Waals surface area contributed by atoms with Crippen molar-refractivity contribution in [2.75, 3.05) is 12.3 Å². The number of carbonyl (C=O) groups excluding carboxylic acids is 1. The summed E-state index contributed by atoms with van der Waals surface area (Å²) in [5.74, 6) is -0.950. The van der Waals surface area contributed by atoms with E-state index in [1.165, 1.54) is 0 Å². The Kier molecular flexibility index (Phi) is 3.94. The average molecular weight is 281 g/mol. The molecule has 1 fully saturated rings. The van der Waals surface area contributed by atoms with E-state index < -0.39 is 11.7 Å². The van der Waals surface area contributed by atoms with Crippen LogP contribution in [0, 0.1) is 11.2 Å². The highest BCUT2D eigenvalue weighted by Gasteiger charge is 2.49. The number of halogens is 1. The lowest BCUT2D eigenvalue weighted by molar-refractivity contribution is -0.111. The number of carbonyl (C=O) groups is 1. The Bertz CT molecular complexity index is 519. The first-order valence-corrected chi connectivity index (χ1v) is 6.69. The van der Waals surface area contributed by atoms with Crippen molar-refractivity contribution in [1.82, 2.24) is 10.3 Å². The Balaban J connectivity index is 2.05. The summed E-state index contributed by atoms with van der Waals surface area (Å²) in [6, 6.07) is 1.08. The second kappa shape index (κ2) is 5.36. The van der Waals surface area contributed by atoms with Gasteiger partial charge < -0.3 is 15.8 Å². The first-order chi connectivity index (χ1) is 9.36. The molecule has 2 atom stereocenters. The van der Waals surface area contributed by atoms with E-state index in [4.69, 9.17) is 10.5 Å². The van der Waals surface area contributed by atoms with Gasteiger partial charge in [0, 0.05) is 18.1 Å². The van der Waals surface area contributed by atoms with E-state index in [1.54, 1.807) is 0 Å². The second-order valence-corrected chi connectivity index (χ2v) is 5.61. The van der Waals surface area contributed by atoms with Gasteiger partial charge in [-0.05, 0) is 19.4 Å². The smallest absolute Gasteiger partial charge is 0.255 e. The fraction of sp³-hybridized carbons (Fsp3) is 0.571. The molecule has 0 spiro atoms. The molecule has 6 heteroatoms. The Morgan fingerprint density at radius 2 is 2.35 bits per heavy atom. The average Bonchev–Trinajstić information content (AvgIpc) is 2.40. The van der Waals surface area contributed by atoms with Crippen molar-refractivity contribution < 1.29 is 13.9 Å². The summed E-state index contributed by atoms with van der Waals surface area (Å²) in [4.78, 5) is 15.8. The van der Waals surface area contributed by atoms with Crippen molar-refractivity contribution in [3.63, 3.8) is 0 Å². The number of hydrogen-bond acceptors (Lipinski definition) is 4. The van der Waals surface area contributed by atoms with Gasteiger partial charge in [-0.3, -0.25) is 4.79 Å². The minimum Gasteiger partial charge on any atom is -0.383 e. The predicted molar refractivity (Wildman–Crippen MR) is 73.7 cm³/mol. The van der Waals surface area contributed by atoms with Crippen LogP contribution in [-0.2, 0) is 4.74 Å². The number of amides is 1. The molecule has 0 aromatic carbocycles. The molecule has 20 heavy (non-hydrogen) atoms. The first kappa shape index (κ1) is 14.7. The quantitative estimate of drug-likeness (QED) is 0.881. The van der Waals surface area contributed by atoms with Crippen LogP contribution in [0.15, 0.2) is 12.3 Å². The SMILES string of the molecule is CCOC1CC(NC(=O)c2cc(F)cnc2N)C1(C)C. The fourth-order valence-corrected chi connectivity index (χ4v) is 2.48. The van der Waals surface area contributed by atoms with Crippen LogP contribution in [-0.4, -0.2) is 29.6 Å². The van der Waals surface area contributed by atoms with E-state index in [0.29, 0.717) is 6.61 Å². The highest BCUT2D eigenvalue weighted by Crippen LogP contribution is 2.42. The maximum Gasteiger partial charge on any atom is 0.255 e. The van der Waals surface area contributed by atoms with Gasteiger partial charge in [-0.2, -0.15) is 0 Å². The molecule has 2 rings (SSSR count). The topological polar surface area (TPSA) is 77.2 Å². The van der Waals surface area contributed by atoms with Gasteiger partial charge in [0.25, 0.3) is 5.91 Å². The highest BCUT2D eigenvalue weighted by molar-refractivity contribution is 5.98. The van der Waals surface area contributed by atoms with Gasteiger partial charge >= 0.3 is 0 Å². The fourth-order valence-electron chi connectivity index (χ4n) is 2.48. The molecule has 0 bridgehead atoms. The van der Waals surface area contributed by atoms with Gasteiger partial charge in [-0.25, -0.2) is 9.37 Å². The van der Waals surface area contributed by atoms with Crippen molar-refractivity contribution in [1.29, 1.82) is 0 Å². The van der Waals surface area contributed by atoms with Crippen LogP contribution in [0.3, 0.4) is 0 Å². The number of rotatable bonds is 4. The summed E-state index contributed by atoms with van der Waals surface area (Å²) in [6.45, 7) is 6.67. The van der Waals surface area contributed by atoms with Crippen LogP contribution < -0.4 is 11.1 Å². The van der Waals surface area contributed by atoms with Gasteiger partial charge in [-0.1, -0.05) is 13.8 Å².